The number of anilines is 2. The Morgan fingerprint density at radius 3 is 2.13 bits per heavy atom. The molecule has 31 heavy (non-hydrogen) atoms. The second-order valence-corrected chi connectivity index (χ2v) is 8.34. The van der Waals surface area contributed by atoms with Crippen molar-refractivity contribution in [1.82, 2.24) is 0 Å². The fraction of sp³-hybridized carbons (Fsp3) is 0.167. The third kappa shape index (κ3) is 3.30. The zero-order chi connectivity index (χ0) is 21.5. The first-order chi connectivity index (χ1) is 15.1. The highest BCUT2D eigenvalue weighted by Crippen LogP contribution is 2.47. The molecule has 0 bridgehead atoms. The lowest BCUT2D eigenvalue weighted by Gasteiger charge is -2.28. The predicted octanol–water partition coefficient (Wildman–Crippen LogP) is 4.51. The minimum absolute atomic E-state index is 0.262. The van der Waals surface area contributed by atoms with Crippen molar-refractivity contribution >= 4 is 39.1 Å². The fourth-order valence-corrected chi connectivity index (χ4v) is 4.47. The molecule has 3 aromatic rings. The van der Waals surface area contributed by atoms with Crippen LogP contribution in [-0.4, -0.2) is 25.0 Å². The zero-order valence-corrected chi connectivity index (χ0v) is 18.2. The van der Waals surface area contributed by atoms with Crippen LogP contribution in [0.15, 0.2) is 83.3 Å². The number of hydrogen-bond donors (Lipinski definition) is 0. The van der Waals surface area contributed by atoms with Gasteiger partial charge in [-0.3, -0.25) is 14.4 Å². The molecule has 2 fully saturated rings. The molecule has 5 rings (SSSR count). The molecule has 6 nitrogen and oxygen atoms in total. The van der Waals surface area contributed by atoms with Gasteiger partial charge in [-0.15, -0.1) is 0 Å². The van der Waals surface area contributed by atoms with Crippen LogP contribution < -0.4 is 14.7 Å². The second-order valence-electron chi connectivity index (χ2n) is 7.42. The van der Waals surface area contributed by atoms with E-state index in [4.69, 9.17) is 9.57 Å². The van der Waals surface area contributed by atoms with Gasteiger partial charge in [0.2, 0.25) is 5.91 Å². The van der Waals surface area contributed by atoms with Crippen molar-refractivity contribution in [3.8, 4) is 5.75 Å². The quantitative estimate of drug-likeness (QED) is 0.516. The summed E-state index contributed by atoms with van der Waals surface area (Å²) in [6.45, 7) is 0. The standard InChI is InChI=1S/C24H19BrN2O4/c1-30-19-13-11-18(12-14-19)27-21(15-5-3-2-4-6-15)20-22(31-27)24(29)26(23(20)28)17-9-7-16(25)8-10-17/h2-14,20-22H,1H3/t20-,21+,22-/m0/s1. The van der Waals surface area contributed by atoms with E-state index in [1.807, 2.05) is 66.7 Å². The summed E-state index contributed by atoms with van der Waals surface area (Å²) in [6, 6.07) is 23.7. The molecule has 2 amide bonds. The summed E-state index contributed by atoms with van der Waals surface area (Å²) < 4.78 is 6.12. The summed E-state index contributed by atoms with van der Waals surface area (Å²) >= 11 is 3.39. The largest absolute Gasteiger partial charge is 0.497 e. The Balaban J connectivity index is 1.55. The second kappa shape index (κ2) is 7.83. The Hall–Kier alpha value is -3.16. The van der Waals surface area contributed by atoms with Crippen LogP contribution in [-0.2, 0) is 14.4 Å². The van der Waals surface area contributed by atoms with Gasteiger partial charge in [0.05, 0.1) is 24.5 Å². The number of halogens is 1. The lowest BCUT2D eigenvalue weighted by molar-refractivity contribution is -0.126. The van der Waals surface area contributed by atoms with Crippen molar-refractivity contribution < 1.29 is 19.2 Å². The van der Waals surface area contributed by atoms with E-state index in [9.17, 15) is 9.59 Å². The number of ether oxygens (including phenoxy) is 1. The molecule has 0 spiro atoms. The van der Waals surface area contributed by atoms with E-state index >= 15 is 0 Å². The fourth-order valence-electron chi connectivity index (χ4n) is 4.20. The summed E-state index contributed by atoms with van der Waals surface area (Å²) in [4.78, 5) is 34.1. The number of benzene rings is 3. The van der Waals surface area contributed by atoms with Crippen molar-refractivity contribution in [2.45, 2.75) is 12.1 Å². The van der Waals surface area contributed by atoms with Gasteiger partial charge in [0, 0.05) is 4.47 Å². The van der Waals surface area contributed by atoms with Gasteiger partial charge in [-0.05, 0) is 54.1 Å². The first-order valence-electron chi connectivity index (χ1n) is 9.87. The van der Waals surface area contributed by atoms with Crippen molar-refractivity contribution in [3.63, 3.8) is 0 Å². The molecule has 2 aliphatic rings. The first kappa shape index (κ1) is 19.8. The van der Waals surface area contributed by atoms with E-state index in [0.29, 0.717) is 11.4 Å². The number of nitrogens with zero attached hydrogens (tertiary/aromatic N) is 2. The highest BCUT2D eigenvalue weighted by molar-refractivity contribution is 9.10. The Kier molecular flexibility index (Phi) is 5.00. The molecule has 0 saturated carbocycles. The number of imide groups is 1. The topological polar surface area (TPSA) is 59.1 Å². The van der Waals surface area contributed by atoms with E-state index in [-0.39, 0.29) is 11.8 Å². The number of hydrogen-bond acceptors (Lipinski definition) is 5. The van der Waals surface area contributed by atoms with Gasteiger partial charge in [-0.25, -0.2) is 9.96 Å². The number of carbonyl (C=O) groups excluding carboxylic acids is 2. The van der Waals surface area contributed by atoms with E-state index in [1.54, 1.807) is 24.3 Å². The van der Waals surface area contributed by atoms with Crippen LogP contribution in [0.4, 0.5) is 11.4 Å². The van der Waals surface area contributed by atoms with Gasteiger partial charge in [0.1, 0.15) is 11.7 Å². The van der Waals surface area contributed by atoms with Crippen LogP contribution in [0.25, 0.3) is 0 Å². The maximum atomic E-state index is 13.5. The maximum absolute atomic E-state index is 13.5. The molecule has 0 aromatic heterocycles. The summed E-state index contributed by atoms with van der Waals surface area (Å²) in [5.74, 6) is -0.551. The average molecular weight is 479 g/mol. The van der Waals surface area contributed by atoms with Crippen molar-refractivity contribution in [2.75, 3.05) is 17.1 Å². The third-order valence-electron chi connectivity index (χ3n) is 5.67. The number of rotatable bonds is 4. The SMILES string of the molecule is COc1ccc(N2O[C@@H]3C(=O)N(c4ccc(Br)cc4)C(=O)[C@H]3[C@H]2c2ccccc2)cc1. The van der Waals surface area contributed by atoms with Crippen LogP contribution in [0.1, 0.15) is 11.6 Å². The molecule has 0 unspecified atom stereocenters. The van der Waals surface area contributed by atoms with Gasteiger partial charge >= 0.3 is 0 Å². The van der Waals surface area contributed by atoms with E-state index in [0.717, 1.165) is 15.7 Å². The lowest BCUT2D eigenvalue weighted by Crippen LogP contribution is -2.37. The molecule has 0 N–H and O–H groups in total. The van der Waals surface area contributed by atoms with Gasteiger partial charge in [-0.1, -0.05) is 46.3 Å². The number of hydroxylamine groups is 1. The number of fused-ring (bicyclic) bond motifs is 1. The molecule has 3 atom stereocenters. The molecule has 0 radical (unpaired) electrons. The van der Waals surface area contributed by atoms with Gasteiger partial charge in [0.25, 0.3) is 5.91 Å². The minimum atomic E-state index is -0.886. The highest BCUT2D eigenvalue weighted by atomic mass is 79.9. The third-order valence-corrected chi connectivity index (χ3v) is 6.20. The Labute approximate surface area is 188 Å². The summed E-state index contributed by atoms with van der Waals surface area (Å²) in [5, 5.41) is 1.68. The highest BCUT2D eigenvalue weighted by Gasteiger charge is 2.60. The summed E-state index contributed by atoms with van der Waals surface area (Å²) in [7, 11) is 1.60. The normalized spacial score (nSPS) is 22.7. The smallest absolute Gasteiger partial charge is 0.266 e. The zero-order valence-electron chi connectivity index (χ0n) is 16.6. The Morgan fingerprint density at radius 1 is 0.839 bits per heavy atom. The monoisotopic (exact) mass is 478 g/mol. The molecule has 156 valence electrons. The van der Waals surface area contributed by atoms with Crippen LogP contribution >= 0.6 is 15.9 Å². The molecule has 0 aliphatic carbocycles. The Morgan fingerprint density at radius 2 is 1.48 bits per heavy atom. The molecule has 7 heteroatoms. The Bertz CT molecular complexity index is 1120. The van der Waals surface area contributed by atoms with Gasteiger partial charge < -0.3 is 4.74 Å². The van der Waals surface area contributed by atoms with Gasteiger partial charge in [0.15, 0.2) is 6.10 Å². The van der Waals surface area contributed by atoms with E-state index in [2.05, 4.69) is 15.9 Å². The molecule has 2 saturated heterocycles. The predicted molar refractivity (Wildman–Crippen MR) is 120 cm³/mol. The maximum Gasteiger partial charge on any atom is 0.266 e. The van der Waals surface area contributed by atoms with Crippen LogP contribution in [0.2, 0.25) is 0 Å². The average Bonchev–Trinajstić information content (AvgIpc) is 3.31. The van der Waals surface area contributed by atoms with Crippen LogP contribution in [0, 0.1) is 5.92 Å². The number of methoxy groups -OCH3 is 1. The first-order valence-corrected chi connectivity index (χ1v) is 10.7. The number of carbonyl (C=O) groups is 2. The summed E-state index contributed by atoms with van der Waals surface area (Å²) in [5.41, 5.74) is 2.20. The number of amides is 2. The minimum Gasteiger partial charge on any atom is -0.497 e. The lowest BCUT2D eigenvalue weighted by atomic mass is 9.90. The molecular formula is C24H19BrN2O4. The van der Waals surface area contributed by atoms with Crippen molar-refractivity contribution in [3.05, 3.63) is 88.9 Å². The van der Waals surface area contributed by atoms with Gasteiger partial charge in [-0.2, -0.15) is 0 Å². The van der Waals surface area contributed by atoms with Crippen LogP contribution in [0.5, 0.6) is 5.75 Å². The molecular weight excluding hydrogens is 460 g/mol. The van der Waals surface area contributed by atoms with Crippen molar-refractivity contribution in [1.29, 1.82) is 0 Å². The van der Waals surface area contributed by atoms with E-state index in [1.165, 1.54) is 4.90 Å². The van der Waals surface area contributed by atoms with E-state index < -0.39 is 18.1 Å². The van der Waals surface area contributed by atoms with Crippen LogP contribution in [0.3, 0.4) is 0 Å². The molecule has 3 aromatic carbocycles. The summed E-state index contributed by atoms with van der Waals surface area (Å²) in [6.07, 6.45) is -0.886. The molecule has 2 heterocycles. The molecule has 2 aliphatic heterocycles. The van der Waals surface area contributed by atoms with Crippen molar-refractivity contribution in [2.24, 2.45) is 5.92 Å².